The van der Waals surface area contributed by atoms with Crippen LogP contribution in [0.5, 0.6) is 11.5 Å². The number of ether oxygens (including phenoxy) is 1. The van der Waals surface area contributed by atoms with Gasteiger partial charge in [-0.1, -0.05) is 19.1 Å². The summed E-state index contributed by atoms with van der Waals surface area (Å²) >= 11 is 0. The van der Waals surface area contributed by atoms with E-state index in [0.717, 1.165) is 17.7 Å². The fourth-order valence-corrected chi connectivity index (χ4v) is 3.06. The topological polar surface area (TPSA) is 49.8 Å². The molecule has 1 amide bonds. The molecule has 0 radical (unpaired) electrons. The minimum absolute atomic E-state index is 0.0182. The molecule has 1 fully saturated rings. The van der Waals surface area contributed by atoms with Gasteiger partial charge in [-0.15, -0.1) is 0 Å². The molecule has 1 aliphatic heterocycles. The third kappa shape index (κ3) is 5.35. The van der Waals surface area contributed by atoms with Gasteiger partial charge in [0.25, 0.3) is 0 Å². The van der Waals surface area contributed by atoms with Crippen molar-refractivity contribution >= 4 is 11.6 Å². The molecule has 1 unspecified atom stereocenters. The summed E-state index contributed by atoms with van der Waals surface area (Å²) in [7, 11) is 0. The first-order chi connectivity index (χ1) is 14.5. The van der Waals surface area contributed by atoms with Crippen LogP contribution in [0.1, 0.15) is 31.4 Å². The monoisotopic (exact) mass is 411 g/mol. The lowest BCUT2D eigenvalue weighted by atomic mass is 9.93. The smallest absolute Gasteiger partial charge is 0.230 e. The number of hydrogen-bond donors (Lipinski definition) is 1. The SMILES string of the molecule is CCCOc1ccc(F)cc1.O=C1CC(c2ccc(O)cc2)N1c1ccc(F)cc1. The third-order valence-corrected chi connectivity index (χ3v) is 4.62. The molecular formula is C24H23F2NO3. The van der Waals surface area contributed by atoms with Crippen molar-refractivity contribution in [1.82, 2.24) is 0 Å². The molecule has 0 bridgehead atoms. The number of aromatic hydroxyl groups is 1. The van der Waals surface area contributed by atoms with Crippen molar-refractivity contribution in [2.45, 2.75) is 25.8 Å². The second kappa shape index (κ2) is 9.87. The predicted molar refractivity (Wildman–Crippen MR) is 112 cm³/mol. The van der Waals surface area contributed by atoms with Crippen LogP contribution in [-0.4, -0.2) is 17.6 Å². The third-order valence-electron chi connectivity index (χ3n) is 4.62. The largest absolute Gasteiger partial charge is 0.508 e. The fourth-order valence-electron chi connectivity index (χ4n) is 3.06. The summed E-state index contributed by atoms with van der Waals surface area (Å²) in [5, 5.41) is 9.27. The Hall–Kier alpha value is -3.41. The maximum atomic E-state index is 12.9. The minimum Gasteiger partial charge on any atom is -0.508 e. The number of amides is 1. The van der Waals surface area contributed by atoms with Gasteiger partial charge in [0.1, 0.15) is 23.1 Å². The highest BCUT2D eigenvalue weighted by atomic mass is 19.1. The number of anilines is 1. The van der Waals surface area contributed by atoms with E-state index in [2.05, 4.69) is 0 Å². The van der Waals surface area contributed by atoms with Gasteiger partial charge in [-0.2, -0.15) is 0 Å². The van der Waals surface area contributed by atoms with E-state index in [1.165, 1.54) is 24.3 Å². The summed E-state index contributed by atoms with van der Waals surface area (Å²) in [5.74, 6) is 0.396. The molecule has 0 saturated carbocycles. The van der Waals surface area contributed by atoms with Crippen molar-refractivity contribution in [2.24, 2.45) is 0 Å². The molecule has 4 nitrogen and oxygen atoms in total. The molecule has 0 aliphatic carbocycles. The summed E-state index contributed by atoms with van der Waals surface area (Å²) in [6.45, 7) is 2.72. The number of rotatable bonds is 5. The highest BCUT2D eigenvalue weighted by Crippen LogP contribution is 2.39. The van der Waals surface area contributed by atoms with E-state index in [1.54, 1.807) is 53.4 Å². The van der Waals surface area contributed by atoms with E-state index >= 15 is 0 Å². The van der Waals surface area contributed by atoms with Gasteiger partial charge in [0.15, 0.2) is 0 Å². The molecule has 0 spiro atoms. The summed E-state index contributed by atoms with van der Waals surface area (Å²) < 4.78 is 30.5. The quantitative estimate of drug-likeness (QED) is 0.554. The van der Waals surface area contributed by atoms with Crippen LogP contribution in [0.15, 0.2) is 72.8 Å². The molecule has 1 atom stereocenters. The van der Waals surface area contributed by atoms with Gasteiger partial charge in [-0.05, 0) is 72.6 Å². The predicted octanol–water partition coefficient (Wildman–Crippen LogP) is 5.62. The lowest BCUT2D eigenvalue weighted by Gasteiger charge is -2.40. The van der Waals surface area contributed by atoms with E-state index in [1.807, 2.05) is 6.92 Å². The van der Waals surface area contributed by atoms with Gasteiger partial charge < -0.3 is 14.7 Å². The maximum Gasteiger partial charge on any atom is 0.230 e. The number of phenolic OH excluding ortho intramolecular Hbond substituents is 1. The van der Waals surface area contributed by atoms with Crippen molar-refractivity contribution < 1.29 is 23.4 Å². The Bertz CT molecular complexity index is 957. The number of benzene rings is 3. The average Bonchev–Trinajstić information content (AvgIpc) is 2.74. The molecule has 3 aromatic rings. The first-order valence-corrected chi connectivity index (χ1v) is 9.73. The van der Waals surface area contributed by atoms with Crippen LogP contribution in [0, 0.1) is 11.6 Å². The van der Waals surface area contributed by atoms with Crippen LogP contribution in [0.2, 0.25) is 0 Å². The summed E-state index contributed by atoms with van der Waals surface area (Å²) in [6, 6.07) is 18.7. The zero-order chi connectivity index (χ0) is 21.5. The van der Waals surface area contributed by atoms with Crippen molar-refractivity contribution in [1.29, 1.82) is 0 Å². The van der Waals surface area contributed by atoms with Crippen molar-refractivity contribution in [3.63, 3.8) is 0 Å². The second-order valence-electron chi connectivity index (χ2n) is 6.85. The summed E-state index contributed by atoms with van der Waals surface area (Å²) in [6.07, 6.45) is 1.40. The second-order valence-corrected chi connectivity index (χ2v) is 6.85. The van der Waals surface area contributed by atoms with Crippen LogP contribution < -0.4 is 9.64 Å². The summed E-state index contributed by atoms with van der Waals surface area (Å²) in [4.78, 5) is 13.4. The van der Waals surface area contributed by atoms with E-state index in [0.29, 0.717) is 18.7 Å². The zero-order valence-corrected chi connectivity index (χ0v) is 16.6. The molecule has 156 valence electrons. The Morgan fingerprint density at radius 2 is 1.50 bits per heavy atom. The Morgan fingerprint density at radius 1 is 0.933 bits per heavy atom. The van der Waals surface area contributed by atoms with E-state index in [-0.39, 0.29) is 29.3 Å². The van der Waals surface area contributed by atoms with E-state index in [9.17, 15) is 18.7 Å². The summed E-state index contributed by atoms with van der Waals surface area (Å²) in [5.41, 5.74) is 1.65. The first kappa shape index (κ1) is 21.3. The van der Waals surface area contributed by atoms with Gasteiger partial charge in [0, 0.05) is 5.69 Å². The van der Waals surface area contributed by atoms with Gasteiger partial charge in [-0.25, -0.2) is 8.78 Å². The lowest BCUT2D eigenvalue weighted by molar-refractivity contribution is -0.124. The minimum atomic E-state index is -0.321. The van der Waals surface area contributed by atoms with Gasteiger partial charge >= 0.3 is 0 Å². The molecule has 6 heteroatoms. The lowest BCUT2D eigenvalue weighted by Crippen LogP contribution is -2.46. The normalized spacial score (nSPS) is 15.1. The molecule has 3 aromatic carbocycles. The van der Waals surface area contributed by atoms with Crippen molar-refractivity contribution in [3.05, 3.63) is 90.0 Å². The number of nitrogens with zero attached hydrogens (tertiary/aromatic N) is 1. The van der Waals surface area contributed by atoms with Gasteiger partial charge in [0.2, 0.25) is 5.91 Å². The number of phenols is 1. The number of carbonyl (C=O) groups excluding carboxylic acids is 1. The molecule has 1 heterocycles. The molecule has 1 saturated heterocycles. The Balaban J connectivity index is 0.000000199. The van der Waals surface area contributed by atoms with E-state index in [4.69, 9.17) is 4.74 Å². The first-order valence-electron chi connectivity index (χ1n) is 9.73. The number of halogens is 2. The maximum absolute atomic E-state index is 12.9. The number of carbonyl (C=O) groups is 1. The van der Waals surface area contributed by atoms with Crippen LogP contribution in [0.3, 0.4) is 0 Å². The molecule has 0 aromatic heterocycles. The fraction of sp³-hybridized carbons (Fsp3) is 0.208. The highest BCUT2D eigenvalue weighted by molar-refractivity contribution is 6.01. The number of hydrogen-bond acceptors (Lipinski definition) is 3. The Labute approximate surface area is 174 Å². The van der Waals surface area contributed by atoms with Gasteiger partial charge in [-0.3, -0.25) is 4.79 Å². The van der Waals surface area contributed by atoms with Crippen molar-refractivity contribution in [3.8, 4) is 11.5 Å². The Morgan fingerprint density at radius 3 is 2.03 bits per heavy atom. The van der Waals surface area contributed by atoms with Crippen LogP contribution in [-0.2, 0) is 4.79 Å². The standard InChI is InChI=1S/C15H12FNO2.C9H11FO/c16-11-3-5-12(6-4-11)17-14(9-15(17)19)10-1-7-13(18)8-2-10;1-2-7-11-9-5-3-8(10)4-6-9/h1-8,14,18H,9H2;3-6H,2,7H2,1H3. The molecule has 1 N–H and O–H groups in total. The number of β-lactam (4-membered cyclic amide) rings is 1. The molecular weight excluding hydrogens is 388 g/mol. The highest BCUT2D eigenvalue weighted by Gasteiger charge is 2.38. The van der Waals surface area contributed by atoms with E-state index < -0.39 is 0 Å². The van der Waals surface area contributed by atoms with Gasteiger partial charge in [0.05, 0.1) is 19.1 Å². The zero-order valence-electron chi connectivity index (χ0n) is 16.6. The molecule has 4 rings (SSSR count). The van der Waals surface area contributed by atoms with Crippen LogP contribution in [0.4, 0.5) is 14.5 Å². The Kier molecular flexibility index (Phi) is 7.01. The molecule has 1 aliphatic rings. The van der Waals surface area contributed by atoms with Crippen LogP contribution in [0.25, 0.3) is 0 Å². The molecule has 30 heavy (non-hydrogen) atoms. The van der Waals surface area contributed by atoms with Crippen molar-refractivity contribution in [2.75, 3.05) is 11.5 Å². The van der Waals surface area contributed by atoms with Crippen LogP contribution >= 0.6 is 0 Å². The average molecular weight is 411 g/mol.